The van der Waals surface area contributed by atoms with Crippen LogP contribution in [0, 0.1) is 0 Å². The molecule has 0 radical (unpaired) electrons. The number of nitrogens with one attached hydrogen (secondary N) is 1. The van der Waals surface area contributed by atoms with Crippen LogP contribution in [0.15, 0.2) is 54.6 Å². The molecular weight excluding hydrogens is 338 g/mol. The summed E-state index contributed by atoms with van der Waals surface area (Å²) in [7, 11) is 0. The Morgan fingerprint density at radius 3 is 2.07 bits per heavy atom. The Bertz CT molecular complexity index is 751. The van der Waals surface area contributed by atoms with Gasteiger partial charge in [-0.25, -0.2) is 4.79 Å². The molecule has 5 heteroatoms. The Balaban J connectivity index is 1.50. The molecule has 1 fully saturated rings. The molecule has 5 nitrogen and oxygen atoms in total. The van der Waals surface area contributed by atoms with E-state index < -0.39 is 0 Å². The normalized spacial score (nSPS) is 14.1. The Kier molecular flexibility index (Phi) is 6.47. The first-order chi connectivity index (χ1) is 13.2. The molecule has 1 saturated heterocycles. The number of rotatable bonds is 5. The highest BCUT2D eigenvalue weighted by atomic mass is 16.2. The van der Waals surface area contributed by atoms with Crippen molar-refractivity contribution in [3.05, 3.63) is 60.2 Å². The van der Waals surface area contributed by atoms with Crippen molar-refractivity contribution in [1.29, 1.82) is 0 Å². The van der Waals surface area contributed by atoms with Crippen LogP contribution in [0.5, 0.6) is 0 Å². The van der Waals surface area contributed by atoms with Crippen LogP contribution in [0.1, 0.15) is 18.9 Å². The van der Waals surface area contributed by atoms with Crippen LogP contribution in [0.4, 0.5) is 4.79 Å². The molecule has 27 heavy (non-hydrogen) atoms. The van der Waals surface area contributed by atoms with E-state index in [0.717, 1.165) is 17.5 Å². The molecule has 142 valence electrons. The molecule has 2 aromatic rings. The lowest BCUT2D eigenvalue weighted by molar-refractivity contribution is -0.131. The number of carbonyl (C=O) groups excluding carboxylic acids is 2. The van der Waals surface area contributed by atoms with Gasteiger partial charge >= 0.3 is 6.03 Å². The van der Waals surface area contributed by atoms with E-state index in [2.05, 4.69) is 29.6 Å². The first-order valence-corrected chi connectivity index (χ1v) is 9.62. The van der Waals surface area contributed by atoms with Gasteiger partial charge in [-0.1, -0.05) is 61.5 Å². The van der Waals surface area contributed by atoms with E-state index >= 15 is 0 Å². The molecule has 1 aliphatic rings. The molecule has 0 unspecified atom stereocenters. The zero-order chi connectivity index (χ0) is 19.1. The molecular formula is C22H27N3O2. The van der Waals surface area contributed by atoms with E-state index in [9.17, 15) is 9.59 Å². The van der Waals surface area contributed by atoms with E-state index in [-0.39, 0.29) is 11.9 Å². The Labute approximate surface area is 161 Å². The van der Waals surface area contributed by atoms with Crippen LogP contribution in [-0.2, 0) is 11.2 Å². The van der Waals surface area contributed by atoms with Gasteiger partial charge in [-0.15, -0.1) is 0 Å². The van der Waals surface area contributed by atoms with Crippen molar-refractivity contribution >= 4 is 11.9 Å². The number of amides is 3. The molecule has 0 saturated carbocycles. The molecule has 0 aliphatic carbocycles. The van der Waals surface area contributed by atoms with Crippen LogP contribution in [0.2, 0.25) is 0 Å². The molecule has 1 N–H and O–H groups in total. The van der Waals surface area contributed by atoms with Gasteiger partial charge in [-0.3, -0.25) is 4.79 Å². The number of carbonyl (C=O) groups is 2. The third kappa shape index (κ3) is 5.09. The van der Waals surface area contributed by atoms with Gasteiger partial charge in [0, 0.05) is 32.7 Å². The summed E-state index contributed by atoms with van der Waals surface area (Å²) < 4.78 is 0. The van der Waals surface area contributed by atoms with Gasteiger partial charge in [-0.2, -0.15) is 0 Å². The van der Waals surface area contributed by atoms with Crippen molar-refractivity contribution in [3.63, 3.8) is 0 Å². The van der Waals surface area contributed by atoms with Crippen LogP contribution in [-0.4, -0.2) is 54.5 Å². The third-order valence-electron chi connectivity index (χ3n) is 4.86. The van der Waals surface area contributed by atoms with Gasteiger partial charge in [0.2, 0.25) is 5.91 Å². The lowest BCUT2D eigenvalue weighted by atomic mass is 10.0. The fourth-order valence-corrected chi connectivity index (χ4v) is 3.23. The highest BCUT2D eigenvalue weighted by molar-refractivity contribution is 5.80. The van der Waals surface area contributed by atoms with E-state index in [1.54, 1.807) is 4.90 Å². The number of benzene rings is 2. The SMILES string of the molecule is CCCNC(=O)N1CCN(C(=O)Cc2ccc(-c3ccccc3)cc2)CC1. The highest BCUT2D eigenvalue weighted by Gasteiger charge is 2.23. The first kappa shape index (κ1) is 19.0. The Hall–Kier alpha value is -2.82. The van der Waals surface area contributed by atoms with Gasteiger partial charge < -0.3 is 15.1 Å². The number of urea groups is 1. The summed E-state index contributed by atoms with van der Waals surface area (Å²) in [6.45, 7) is 5.10. The lowest BCUT2D eigenvalue weighted by Crippen LogP contribution is -2.53. The minimum atomic E-state index is -0.0274. The van der Waals surface area contributed by atoms with Crippen molar-refractivity contribution in [2.24, 2.45) is 0 Å². The maximum absolute atomic E-state index is 12.6. The standard InChI is InChI=1S/C22H27N3O2/c1-2-12-23-22(27)25-15-13-24(14-16-25)21(26)17-18-8-10-20(11-9-18)19-6-4-3-5-7-19/h3-11H,2,12-17H2,1H3,(H,23,27). The van der Waals surface area contributed by atoms with Gasteiger partial charge in [0.05, 0.1) is 6.42 Å². The summed E-state index contributed by atoms with van der Waals surface area (Å²) in [6, 6.07) is 18.4. The molecule has 0 spiro atoms. The Morgan fingerprint density at radius 1 is 0.852 bits per heavy atom. The van der Waals surface area contributed by atoms with Crippen molar-refractivity contribution in [1.82, 2.24) is 15.1 Å². The van der Waals surface area contributed by atoms with Gasteiger partial charge in [0.25, 0.3) is 0 Å². The fraction of sp³-hybridized carbons (Fsp3) is 0.364. The van der Waals surface area contributed by atoms with Gasteiger partial charge in [0.1, 0.15) is 0 Å². The van der Waals surface area contributed by atoms with Crippen molar-refractivity contribution < 1.29 is 9.59 Å². The third-order valence-corrected chi connectivity index (χ3v) is 4.86. The zero-order valence-corrected chi connectivity index (χ0v) is 15.9. The molecule has 3 amide bonds. The molecule has 1 heterocycles. The maximum atomic E-state index is 12.6. The van der Waals surface area contributed by atoms with E-state index in [0.29, 0.717) is 39.1 Å². The second-order valence-electron chi connectivity index (χ2n) is 6.84. The highest BCUT2D eigenvalue weighted by Crippen LogP contribution is 2.19. The van der Waals surface area contributed by atoms with E-state index in [4.69, 9.17) is 0 Å². The van der Waals surface area contributed by atoms with E-state index in [1.165, 1.54) is 5.56 Å². The molecule has 0 atom stereocenters. The second kappa shape index (κ2) is 9.21. The molecule has 2 aromatic carbocycles. The number of hydrogen-bond donors (Lipinski definition) is 1. The predicted molar refractivity (Wildman–Crippen MR) is 107 cm³/mol. The van der Waals surface area contributed by atoms with Crippen LogP contribution < -0.4 is 5.32 Å². The summed E-state index contributed by atoms with van der Waals surface area (Å²) in [4.78, 5) is 28.2. The quantitative estimate of drug-likeness (QED) is 0.885. The maximum Gasteiger partial charge on any atom is 0.317 e. The summed E-state index contributed by atoms with van der Waals surface area (Å²) in [6.07, 6.45) is 1.32. The summed E-state index contributed by atoms with van der Waals surface area (Å²) in [5, 5.41) is 2.89. The topological polar surface area (TPSA) is 52.7 Å². The summed E-state index contributed by atoms with van der Waals surface area (Å²) in [5.41, 5.74) is 3.34. The van der Waals surface area contributed by atoms with Crippen molar-refractivity contribution in [3.8, 4) is 11.1 Å². The van der Waals surface area contributed by atoms with Gasteiger partial charge in [0.15, 0.2) is 0 Å². The van der Waals surface area contributed by atoms with Crippen LogP contribution in [0.25, 0.3) is 11.1 Å². The smallest absolute Gasteiger partial charge is 0.317 e. The minimum Gasteiger partial charge on any atom is -0.339 e. The lowest BCUT2D eigenvalue weighted by Gasteiger charge is -2.34. The largest absolute Gasteiger partial charge is 0.339 e. The number of hydrogen-bond acceptors (Lipinski definition) is 2. The Morgan fingerprint density at radius 2 is 1.44 bits per heavy atom. The average Bonchev–Trinajstić information content (AvgIpc) is 2.73. The number of nitrogens with zero attached hydrogens (tertiary/aromatic N) is 2. The summed E-state index contributed by atoms with van der Waals surface area (Å²) >= 11 is 0. The molecule has 0 bridgehead atoms. The monoisotopic (exact) mass is 365 g/mol. The van der Waals surface area contributed by atoms with Crippen molar-refractivity contribution in [2.75, 3.05) is 32.7 Å². The van der Waals surface area contributed by atoms with Crippen LogP contribution >= 0.6 is 0 Å². The number of piperazine rings is 1. The van der Waals surface area contributed by atoms with Crippen molar-refractivity contribution in [2.45, 2.75) is 19.8 Å². The first-order valence-electron chi connectivity index (χ1n) is 9.62. The summed E-state index contributed by atoms with van der Waals surface area (Å²) in [5.74, 6) is 0.121. The molecule has 1 aliphatic heterocycles. The average molecular weight is 365 g/mol. The zero-order valence-electron chi connectivity index (χ0n) is 15.9. The van der Waals surface area contributed by atoms with Gasteiger partial charge in [-0.05, 0) is 23.1 Å². The molecule has 0 aromatic heterocycles. The van der Waals surface area contributed by atoms with Crippen LogP contribution in [0.3, 0.4) is 0 Å². The second-order valence-corrected chi connectivity index (χ2v) is 6.84. The fourth-order valence-electron chi connectivity index (χ4n) is 3.23. The molecule has 3 rings (SSSR count). The minimum absolute atomic E-state index is 0.0274. The predicted octanol–water partition coefficient (Wildman–Crippen LogP) is 3.16. The van der Waals surface area contributed by atoms with E-state index in [1.807, 2.05) is 42.2 Å².